The molecule has 0 bridgehead atoms. The van der Waals surface area contributed by atoms with Crippen LogP contribution in [0.5, 0.6) is 11.5 Å². The Bertz CT molecular complexity index is 788. The summed E-state index contributed by atoms with van der Waals surface area (Å²) < 4.78 is 5.69. The van der Waals surface area contributed by atoms with Crippen molar-refractivity contribution in [3.05, 3.63) is 54.1 Å². The second-order valence-corrected chi connectivity index (χ2v) is 7.17. The summed E-state index contributed by atoms with van der Waals surface area (Å²) in [7, 11) is 1.82. The van der Waals surface area contributed by atoms with Gasteiger partial charge in [-0.1, -0.05) is 24.3 Å². The minimum atomic E-state index is 0. The predicted molar refractivity (Wildman–Crippen MR) is 130 cm³/mol. The van der Waals surface area contributed by atoms with Crippen molar-refractivity contribution < 1.29 is 9.84 Å². The molecule has 0 saturated carbocycles. The number of rotatable bonds is 5. The molecule has 158 valence electrons. The maximum atomic E-state index is 10.1. The van der Waals surface area contributed by atoms with Gasteiger partial charge in [0.1, 0.15) is 11.5 Å². The fourth-order valence-corrected chi connectivity index (χ4v) is 3.36. The molecule has 29 heavy (non-hydrogen) atoms. The quantitative estimate of drug-likeness (QED) is 0.365. The van der Waals surface area contributed by atoms with E-state index in [4.69, 9.17) is 4.74 Å². The van der Waals surface area contributed by atoms with Crippen LogP contribution in [0.15, 0.2) is 53.5 Å². The van der Waals surface area contributed by atoms with Crippen LogP contribution in [0, 0.1) is 0 Å². The molecular formula is C22H31IN4O2. The molecule has 1 saturated heterocycles. The number of phenols is 1. The van der Waals surface area contributed by atoms with Crippen molar-refractivity contribution in [3.63, 3.8) is 0 Å². The lowest BCUT2D eigenvalue weighted by molar-refractivity contribution is 0.242. The molecule has 7 heteroatoms. The highest BCUT2D eigenvalue weighted by atomic mass is 127. The first-order chi connectivity index (χ1) is 13.6. The van der Waals surface area contributed by atoms with Crippen LogP contribution in [0.25, 0.3) is 0 Å². The molecule has 0 radical (unpaired) electrons. The van der Waals surface area contributed by atoms with E-state index in [1.54, 1.807) is 6.07 Å². The number of hydrogen-bond donors (Lipinski definition) is 2. The van der Waals surface area contributed by atoms with Gasteiger partial charge >= 0.3 is 0 Å². The molecule has 2 aromatic carbocycles. The zero-order chi connectivity index (χ0) is 19.9. The molecule has 0 aromatic heterocycles. The number of phenolic OH excluding ortho intramolecular Hbond substituents is 1. The number of anilines is 1. The number of hydrogen-bond acceptors (Lipinski definition) is 4. The molecule has 0 spiro atoms. The van der Waals surface area contributed by atoms with Gasteiger partial charge in [0.15, 0.2) is 5.96 Å². The Labute approximate surface area is 190 Å². The molecule has 1 aliphatic rings. The van der Waals surface area contributed by atoms with E-state index in [-0.39, 0.29) is 30.1 Å². The molecule has 2 aromatic rings. The van der Waals surface area contributed by atoms with Crippen LogP contribution < -0.4 is 15.0 Å². The SMILES string of the molecule is CN=C(NCc1ccc(OC(C)C)cc1)N1CCN(c2ccccc2O)CC1.I. The number of nitrogens with zero attached hydrogens (tertiary/aromatic N) is 3. The molecule has 1 fully saturated rings. The maximum Gasteiger partial charge on any atom is 0.194 e. The van der Waals surface area contributed by atoms with Gasteiger partial charge in [0, 0.05) is 39.8 Å². The van der Waals surface area contributed by atoms with Crippen LogP contribution in [0.3, 0.4) is 0 Å². The third-order valence-corrected chi connectivity index (χ3v) is 4.76. The van der Waals surface area contributed by atoms with Gasteiger partial charge < -0.3 is 25.0 Å². The van der Waals surface area contributed by atoms with Gasteiger partial charge in [0.2, 0.25) is 0 Å². The lowest BCUT2D eigenvalue weighted by Gasteiger charge is -2.37. The monoisotopic (exact) mass is 510 g/mol. The lowest BCUT2D eigenvalue weighted by Crippen LogP contribution is -2.52. The molecule has 0 aliphatic carbocycles. The fraction of sp³-hybridized carbons (Fsp3) is 0.409. The number of piperazine rings is 1. The number of nitrogens with one attached hydrogen (secondary N) is 1. The smallest absolute Gasteiger partial charge is 0.194 e. The van der Waals surface area contributed by atoms with E-state index < -0.39 is 0 Å². The number of benzene rings is 2. The highest BCUT2D eigenvalue weighted by Crippen LogP contribution is 2.27. The van der Waals surface area contributed by atoms with E-state index >= 15 is 0 Å². The van der Waals surface area contributed by atoms with Crippen LogP contribution in [-0.4, -0.2) is 55.3 Å². The second-order valence-electron chi connectivity index (χ2n) is 7.17. The molecule has 1 aliphatic heterocycles. The van der Waals surface area contributed by atoms with Crippen molar-refractivity contribution in [1.29, 1.82) is 0 Å². The molecule has 0 amide bonds. The number of para-hydroxylation sites is 2. The number of ether oxygens (including phenoxy) is 1. The topological polar surface area (TPSA) is 60.3 Å². The Morgan fingerprint density at radius 3 is 2.31 bits per heavy atom. The number of aromatic hydroxyl groups is 1. The molecule has 3 rings (SSSR count). The van der Waals surface area contributed by atoms with Crippen molar-refractivity contribution in [1.82, 2.24) is 10.2 Å². The maximum absolute atomic E-state index is 10.1. The van der Waals surface area contributed by atoms with Crippen LogP contribution in [0.4, 0.5) is 5.69 Å². The highest BCUT2D eigenvalue weighted by molar-refractivity contribution is 14.0. The summed E-state index contributed by atoms with van der Waals surface area (Å²) in [6.45, 7) is 8.18. The average molecular weight is 510 g/mol. The van der Waals surface area contributed by atoms with Gasteiger partial charge in [-0.25, -0.2) is 0 Å². The van der Waals surface area contributed by atoms with E-state index in [1.807, 2.05) is 51.2 Å². The summed E-state index contributed by atoms with van der Waals surface area (Å²) in [5, 5.41) is 13.5. The van der Waals surface area contributed by atoms with E-state index in [0.29, 0.717) is 12.3 Å². The average Bonchev–Trinajstić information content (AvgIpc) is 2.70. The van der Waals surface area contributed by atoms with Gasteiger partial charge in [0.05, 0.1) is 11.8 Å². The number of guanidine groups is 1. The van der Waals surface area contributed by atoms with Gasteiger partial charge in [-0.05, 0) is 43.7 Å². The summed E-state index contributed by atoms with van der Waals surface area (Å²) in [6, 6.07) is 15.7. The summed E-state index contributed by atoms with van der Waals surface area (Å²) in [6.07, 6.45) is 0.180. The van der Waals surface area contributed by atoms with Gasteiger partial charge in [0.25, 0.3) is 0 Å². The minimum Gasteiger partial charge on any atom is -0.506 e. The third-order valence-electron chi connectivity index (χ3n) is 4.76. The fourth-order valence-electron chi connectivity index (χ4n) is 3.36. The molecule has 0 atom stereocenters. The number of halogens is 1. The summed E-state index contributed by atoms with van der Waals surface area (Å²) in [4.78, 5) is 8.91. The van der Waals surface area contributed by atoms with Crippen molar-refractivity contribution in [2.75, 3.05) is 38.1 Å². The Hall–Kier alpha value is -2.16. The molecule has 0 unspecified atom stereocenters. The number of aliphatic imine (C=N–C) groups is 1. The second kappa shape index (κ2) is 11.1. The first-order valence-corrected chi connectivity index (χ1v) is 9.81. The minimum absolute atomic E-state index is 0. The van der Waals surface area contributed by atoms with E-state index in [2.05, 4.69) is 32.2 Å². The Morgan fingerprint density at radius 2 is 1.72 bits per heavy atom. The van der Waals surface area contributed by atoms with Crippen LogP contribution in [0.1, 0.15) is 19.4 Å². The van der Waals surface area contributed by atoms with Crippen LogP contribution in [0.2, 0.25) is 0 Å². The standard InChI is InChI=1S/C22H30N4O2.HI/c1-17(2)28-19-10-8-18(9-11-19)16-24-22(23-3)26-14-12-25(13-15-26)20-6-4-5-7-21(20)27;/h4-11,17,27H,12-16H2,1-3H3,(H,23,24);1H. The molecule has 6 nitrogen and oxygen atoms in total. The Balaban J connectivity index is 0.00000300. The van der Waals surface area contributed by atoms with Crippen LogP contribution in [-0.2, 0) is 6.54 Å². The predicted octanol–water partition coefficient (Wildman–Crippen LogP) is 3.70. The van der Waals surface area contributed by atoms with E-state index in [1.165, 1.54) is 5.56 Å². The highest BCUT2D eigenvalue weighted by Gasteiger charge is 2.21. The molecular weight excluding hydrogens is 479 g/mol. The van der Waals surface area contributed by atoms with Crippen molar-refractivity contribution in [2.45, 2.75) is 26.5 Å². The molecule has 2 N–H and O–H groups in total. The zero-order valence-corrected chi connectivity index (χ0v) is 19.7. The van der Waals surface area contributed by atoms with Gasteiger partial charge in [-0.15, -0.1) is 24.0 Å². The van der Waals surface area contributed by atoms with Crippen LogP contribution >= 0.6 is 24.0 Å². The van der Waals surface area contributed by atoms with Crippen molar-refractivity contribution >= 4 is 35.6 Å². The lowest BCUT2D eigenvalue weighted by atomic mass is 10.2. The summed E-state index contributed by atoms with van der Waals surface area (Å²) >= 11 is 0. The van der Waals surface area contributed by atoms with E-state index in [0.717, 1.165) is 43.6 Å². The summed E-state index contributed by atoms with van der Waals surface area (Å²) in [5.41, 5.74) is 2.08. The summed E-state index contributed by atoms with van der Waals surface area (Å²) in [5.74, 6) is 2.13. The first kappa shape index (κ1) is 23.1. The third kappa shape index (κ3) is 6.42. The molecule has 1 heterocycles. The van der Waals surface area contributed by atoms with Crippen molar-refractivity contribution in [2.24, 2.45) is 4.99 Å². The normalized spacial score (nSPS) is 14.6. The van der Waals surface area contributed by atoms with E-state index in [9.17, 15) is 5.11 Å². The Kier molecular flexibility index (Phi) is 8.88. The van der Waals surface area contributed by atoms with Gasteiger partial charge in [-0.2, -0.15) is 0 Å². The first-order valence-electron chi connectivity index (χ1n) is 9.81. The Morgan fingerprint density at radius 1 is 1.07 bits per heavy atom. The zero-order valence-electron chi connectivity index (χ0n) is 17.3. The largest absolute Gasteiger partial charge is 0.506 e. The van der Waals surface area contributed by atoms with Gasteiger partial charge in [-0.3, -0.25) is 4.99 Å². The van der Waals surface area contributed by atoms with Crippen molar-refractivity contribution in [3.8, 4) is 11.5 Å².